The Morgan fingerprint density at radius 1 is 1.15 bits per heavy atom. The van der Waals surface area contributed by atoms with Crippen LogP contribution in [-0.4, -0.2) is 66.1 Å². The van der Waals surface area contributed by atoms with Gasteiger partial charge in [-0.2, -0.15) is 5.10 Å². The number of aliphatic hydroxyl groups excluding tert-OH is 2. The monoisotopic (exact) mass is 569 g/mol. The number of amides is 1. The summed E-state index contributed by atoms with van der Waals surface area (Å²) in [4.78, 5) is 15.1. The molecule has 1 atom stereocenters. The van der Waals surface area contributed by atoms with Crippen molar-refractivity contribution in [3.63, 3.8) is 0 Å². The lowest BCUT2D eigenvalue weighted by atomic mass is 10.0. The molecular formula is C23H19F4N5O6S. The molecule has 0 spiro atoms. The highest BCUT2D eigenvalue weighted by molar-refractivity contribution is 7.92. The Morgan fingerprint density at radius 3 is 2.59 bits per heavy atom. The van der Waals surface area contributed by atoms with Crippen LogP contribution >= 0.6 is 0 Å². The molecule has 0 fully saturated rings. The minimum absolute atomic E-state index is 0.0596. The van der Waals surface area contributed by atoms with E-state index in [0.29, 0.717) is 18.3 Å². The molecule has 0 unspecified atom stereocenters. The third-order valence-corrected chi connectivity index (χ3v) is 6.83. The van der Waals surface area contributed by atoms with Gasteiger partial charge < -0.3 is 20.3 Å². The van der Waals surface area contributed by atoms with Crippen molar-refractivity contribution >= 4 is 32.5 Å². The van der Waals surface area contributed by atoms with Crippen LogP contribution in [0.15, 0.2) is 41.4 Å². The number of halogens is 4. The maximum absolute atomic E-state index is 15.5. The lowest BCUT2D eigenvalue weighted by molar-refractivity contribution is 0.0800. The number of anilines is 1. The van der Waals surface area contributed by atoms with Crippen LogP contribution in [-0.2, 0) is 10.0 Å². The van der Waals surface area contributed by atoms with Gasteiger partial charge in [0.25, 0.3) is 15.9 Å². The summed E-state index contributed by atoms with van der Waals surface area (Å²) in [6, 6.07) is 4.15. The van der Waals surface area contributed by atoms with Crippen LogP contribution in [0.1, 0.15) is 10.5 Å². The van der Waals surface area contributed by atoms with Crippen molar-refractivity contribution in [1.82, 2.24) is 20.5 Å². The molecule has 0 aliphatic carbocycles. The topological polar surface area (TPSA) is 167 Å². The number of rotatable bonds is 9. The molecule has 0 aliphatic rings. The molecular weight excluding hydrogens is 550 g/mol. The number of methoxy groups -OCH3 is 1. The molecule has 0 saturated carbocycles. The Bertz CT molecular complexity index is 1680. The largest absolute Gasteiger partial charge is 0.480 e. The van der Waals surface area contributed by atoms with Crippen LogP contribution in [0.2, 0.25) is 0 Å². The third-order valence-electron chi connectivity index (χ3n) is 5.47. The Labute approximate surface area is 217 Å². The van der Waals surface area contributed by atoms with Gasteiger partial charge in [0.2, 0.25) is 5.88 Å². The van der Waals surface area contributed by atoms with Gasteiger partial charge in [-0.05, 0) is 18.2 Å². The molecule has 16 heteroatoms. The number of carbonyl (C=O) groups excluding carboxylic acids is 1. The number of sulfonamides is 1. The average Bonchev–Trinajstić information content (AvgIpc) is 3.35. The van der Waals surface area contributed by atoms with E-state index < -0.39 is 85.0 Å². The average molecular weight is 569 g/mol. The second kappa shape index (κ2) is 10.8. The summed E-state index contributed by atoms with van der Waals surface area (Å²) in [6.45, 7) is -0.923. The first-order valence-corrected chi connectivity index (χ1v) is 12.4. The molecule has 0 aliphatic heterocycles. The van der Waals surface area contributed by atoms with Crippen LogP contribution in [0.4, 0.5) is 23.2 Å². The molecule has 1 amide bonds. The van der Waals surface area contributed by atoms with E-state index in [1.807, 2.05) is 4.72 Å². The van der Waals surface area contributed by atoms with Crippen LogP contribution in [0.25, 0.3) is 22.0 Å². The Hall–Kier alpha value is -4.28. The van der Waals surface area contributed by atoms with E-state index in [-0.39, 0.29) is 17.6 Å². The number of hydrogen-bond donors (Lipinski definition) is 5. The molecule has 39 heavy (non-hydrogen) atoms. The second-order valence-corrected chi connectivity index (χ2v) is 9.67. The van der Waals surface area contributed by atoms with Crippen molar-refractivity contribution in [3.8, 4) is 17.0 Å². The summed E-state index contributed by atoms with van der Waals surface area (Å²) in [5, 5.41) is 26.5. The predicted molar refractivity (Wildman–Crippen MR) is 128 cm³/mol. The first-order chi connectivity index (χ1) is 18.5. The predicted octanol–water partition coefficient (Wildman–Crippen LogP) is 2.07. The van der Waals surface area contributed by atoms with Gasteiger partial charge in [0, 0.05) is 23.6 Å². The number of nitrogens with one attached hydrogen (secondary N) is 3. The molecule has 0 saturated heterocycles. The SMILES string of the molecule is COc1ncc(F)cc1S(=O)(=O)Nc1ccc(F)c(-c2ccc3c(C(=O)NC[C@H](O)CO)[nH]nc3c2F)c1F. The van der Waals surface area contributed by atoms with E-state index in [1.54, 1.807) is 0 Å². The maximum Gasteiger partial charge on any atom is 0.270 e. The zero-order valence-electron chi connectivity index (χ0n) is 19.8. The van der Waals surface area contributed by atoms with Gasteiger partial charge in [-0.3, -0.25) is 14.6 Å². The lowest BCUT2D eigenvalue weighted by Gasteiger charge is -2.14. The van der Waals surface area contributed by atoms with Crippen molar-refractivity contribution in [2.45, 2.75) is 11.0 Å². The number of ether oxygens (including phenoxy) is 1. The highest BCUT2D eigenvalue weighted by atomic mass is 32.2. The van der Waals surface area contributed by atoms with Crippen molar-refractivity contribution in [2.24, 2.45) is 0 Å². The highest BCUT2D eigenvalue weighted by Crippen LogP contribution is 2.36. The van der Waals surface area contributed by atoms with Crippen LogP contribution in [0.5, 0.6) is 5.88 Å². The molecule has 2 heterocycles. The molecule has 5 N–H and O–H groups in total. The van der Waals surface area contributed by atoms with E-state index in [4.69, 9.17) is 9.84 Å². The quantitative estimate of drug-likeness (QED) is 0.191. The van der Waals surface area contributed by atoms with E-state index >= 15 is 8.78 Å². The van der Waals surface area contributed by atoms with Gasteiger partial charge in [0.15, 0.2) is 16.5 Å². The van der Waals surface area contributed by atoms with Gasteiger partial charge in [-0.1, -0.05) is 6.07 Å². The van der Waals surface area contributed by atoms with Crippen molar-refractivity contribution in [2.75, 3.05) is 25.0 Å². The molecule has 0 bridgehead atoms. The number of nitrogens with zero attached hydrogens (tertiary/aromatic N) is 2. The fourth-order valence-corrected chi connectivity index (χ4v) is 4.80. The summed E-state index contributed by atoms with van der Waals surface area (Å²) < 4.78 is 91.6. The standard InChI is InChI=1S/C23H19F4N5O6S/c1-38-23-16(6-10(24)7-29-23)39(36,37)32-15-5-4-14(25)17(19(15)27)12-2-3-13-20(18(12)26)30-31-21(13)22(35)28-8-11(34)9-33/h2-7,11,32-34H,8-9H2,1H3,(H,28,35)(H,30,31)/t11-/m0/s1. The van der Waals surface area contributed by atoms with Gasteiger partial charge >= 0.3 is 0 Å². The van der Waals surface area contributed by atoms with Crippen LogP contribution in [0, 0.1) is 23.3 Å². The van der Waals surface area contributed by atoms with Crippen molar-refractivity contribution < 1.29 is 45.7 Å². The number of aromatic nitrogens is 3. The molecule has 0 radical (unpaired) electrons. The molecule has 2 aromatic carbocycles. The van der Waals surface area contributed by atoms with E-state index in [0.717, 1.165) is 25.3 Å². The highest BCUT2D eigenvalue weighted by Gasteiger charge is 2.27. The molecule has 4 rings (SSSR count). The smallest absolute Gasteiger partial charge is 0.270 e. The van der Waals surface area contributed by atoms with E-state index in [1.165, 1.54) is 0 Å². The maximum atomic E-state index is 15.5. The van der Waals surface area contributed by atoms with Gasteiger partial charge in [-0.15, -0.1) is 0 Å². The summed E-state index contributed by atoms with van der Waals surface area (Å²) >= 11 is 0. The summed E-state index contributed by atoms with van der Waals surface area (Å²) in [5.74, 6) is -6.28. The Morgan fingerprint density at radius 2 is 1.90 bits per heavy atom. The second-order valence-electron chi connectivity index (χ2n) is 8.02. The number of aliphatic hydroxyl groups is 2. The first kappa shape index (κ1) is 27.7. The zero-order valence-corrected chi connectivity index (χ0v) is 20.6. The van der Waals surface area contributed by atoms with E-state index in [9.17, 15) is 27.1 Å². The zero-order chi connectivity index (χ0) is 28.5. The third kappa shape index (κ3) is 5.34. The number of pyridine rings is 1. The number of aromatic amines is 1. The summed E-state index contributed by atoms with van der Waals surface area (Å²) in [6.07, 6.45) is -0.531. The van der Waals surface area contributed by atoms with Gasteiger partial charge in [-0.25, -0.2) is 31.0 Å². The number of benzene rings is 2. The Balaban J connectivity index is 1.73. The Kier molecular flexibility index (Phi) is 7.71. The fourth-order valence-electron chi connectivity index (χ4n) is 3.61. The minimum atomic E-state index is -4.71. The summed E-state index contributed by atoms with van der Waals surface area (Å²) in [5.41, 5.74) is -3.06. The molecule has 206 valence electrons. The van der Waals surface area contributed by atoms with Gasteiger partial charge in [0.05, 0.1) is 37.3 Å². The normalized spacial score (nSPS) is 12.4. The van der Waals surface area contributed by atoms with Crippen molar-refractivity contribution in [3.05, 3.63) is 65.5 Å². The van der Waals surface area contributed by atoms with Crippen LogP contribution < -0.4 is 14.8 Å². The molecule has 11 nitrogen and oxygen atoms in total. The number of carbonyl (C=O) groups is 1. The van der Waals surface area contributed by atoms with E-state index in [2.05, 4.69) is 20.5 Å². The summed E-state index contributed by atoms with van der Waals surface area (Å²) in [7, 11) is -3.63. The fraction of sp³-hybridized carbons (Fsp3) is 0.174. The number of fused-ring (bicyclic) bond motifs is 1. The van der Waals surface area contributed by atoms with Gasteiger partial charge in [0.1, 0.15) is 22.8 Å². The number of H-pyrrole nitrogens is 1. The minimum Gasteiger partial charge on any atom is -0.480 e. The van der Waals surface area contributed by atoms with Crippen molar-refractivity contribution in [1.29, 1.82) is 0 Å². The number of hydrogen-bond acceptors (Lipinski definition) is 8. The molecule has 4 aromatic rings. The first-order valence-electron chi connectivity index (χ1n) is 10.9. The molecule has 2 aromatic heterocycles. The van der Waals surface area contributed by atoms with Crippen LogP contribution in [0.3, 0.4) is 0 Å². The lowest BCUT2D eigenvalue weighted by Crippen LogP contribution is -2.34.